The normalized spacial score (nSPS) is 9.83. The van der Waals surface area contributed by atoms with E-state index in [1.807, 2.05) is 13.0 Å². The third-order valence-electron chi connectivity index (χ3n) is 2.51. The topological polar surface area (TPSA) is 74.7 Å². The molecule has 18 heavy (non-hydrogen) atoms. The summed E-state index contributed by atoms with van der Waals surface area (Å²) in [6.45, 7) is 1.84. The third-order valence-corrected chi connectivity index (χ3v) is 2.51. The largest absolute Gasteiger partial charge is 0.398 e. The van der Waals surface area contributed by atoms with E-state index < -0.39 is 5.82 Å². The smallest absolute Gasteiger partial charge is 0.147 e. The number of rotatable bonds is 2. The maximum atomic E-state index is 13.6. The van der Waals surface area contributed by atoms with Crippen molar-refractivity contribution in [2.24, 2.45) is 0 Å². The van der Waals surface area contributed by atoms with Crippen molar-refractivity contribution in [1.29, 1.82) is 5.26 Å². The summed E-state index contributed by atoms with van der Waals surface area (Å²) in [6, 6.07) is 7.69. The summed E-state index contributed by atoms with van der Waals surface area (Å²) < 4.78 is 13.6. The molecule has 1 heterocycles. The Kier molecular flexibility index (Phi) is 3.11. The minimum absolute atomic E-state index is 0.254. The SMILES string of the molecule is Cc1cnc(Nc2ccc(C#N)cc2F)cc1N. The average Bonchev–Trinajstić information content (AvgIpc) is 2.36. The van der Waals surface area contributed by atoms with Gasteiger partial charge >= 0.3 is 0 Å². The van der Waals surface area contributed by atoms with Crippen molar-refractivity contribution in [3.05, 3.63) is 47.4 Å². The molecule has 3 N–H and O–H groups in total. The number of benzene rings is 1. The number of aryl methyl sites for hydroxylation is 1. The lowest BCUT2D eigenvalue weighted by molar-refractivity contribution is 0.631. The van der Waals surface area contributed by atoms with Crippen LogP contribution in [0.25, 0.3) is 0 Å². The van der Waals surface area contributed by atoms with Crippen LogP contribution in [0.1, 0.15) is 11.1 Å². The van der Waals surface area contributed by atoms with E-state index in [-0.39, 0.29) is 11.3 Å². The zero-order valence-electron chi connectivity index (χ0n) is 9.74. The molecule has 1 aromatic carbocycles. The lowest BCUT2D eigenvalue weighted by Crippen LogP contribution is -1.99. The van der Waals surface area contributed by atoms with Crippen LogP contribution in [0.5, 0.6) is 0 Å². The molecule has 1 aromatic heterocycles. The Morgan fingerprint density at radius 3 is 2.78 bits per heavy atom. The highest BCUT2D eigenvalue weighted by Crippen LogP contribution is 2.21. The highest BCUT2D eigenvalue weighted by molar-refractivity contribution is 5.62. The number of nitrogens with two attached hydrogens (primary N) is 1. The van der Waals surface area contributed by atoms with Crippen molar-refractivity contribution in [3.63, 3.8) is 0 Å². The Hall–Kier alpha value is -2.61. The molecule has 0 aliphatic rings. The molecule has 0 aliphatic heterocycles. The first-order valence-electron chi connectivity index (χ1n) is 5.29. The van der Waals surface area contributed by atoms with Gasteiger partial charge in [0.2, 0.25) is 0 Å². The summed E-state index contributed by atoms with van der Waals surface area (Å²) in [5.74, 6) is -0.0447. The fraction of sp³-hybridized carbons (Fsp3) is 0.0769. The van der Waals surface area contributed by atoms with Crippen LogP contribution in [0, 0.1) is 24.1 Å². The number of halogens is 1. The van der Waals surface area contributed by atoms with Gasteiger partial charge in [-0.3, -0.25) is 0 Å². The number of nitrogens with zero attached hydrogens (tertiary/aromatic N) is 2. The number of nitrogen functional groups attached to an aromatic ring is 1. The molecule has 0 aliphatic carbocycles. The zero-order chi connectivity index (χ0) is 13.1. The van der Waals surface area contributed by atoms with Gasteiger partial charge in [-0.25, -0.2) is 9.37 Å². The summed E-state index contributed by atoms with van der Waals surface area (Å²) in [5, 5.41) is 11.5. The third kappa shape index (κ3) is 2.38. The molecule has 0 atom stereocenters. The van der Waals surface area contributed by atoms with Crippen LogP contribution in [0.2, 0.25) is 0 Å². The van der Waals surface area contributed by atoms with Gasteiger partial charge in [-0.15, -0.1) is 0 Å². The van der Waals surface area contributed by atoms with Crippen molar-refractivity contribution >= 4 is 17.2 Å². The molecule has 4 nitrogen and oxygen atoms in total. The Morgan fingerprint density at radius 1 is 1.39 bits per heavy atom. The van der Waals surface area contributed by atoms with Gasteiger partial charge < -0.3 is 11.1 Å². The molecule has 0 spiro atoms. The summed E-state index contributed by atoms with van der Waals surface area (Å²) in [5.41, 5.74) is 7.71. The van der Waals surface area contributed by atoms with Gasteiger partial charge in [0.25, 0.3) is 0 Å². The fourth-order valence-corrected chi connectivity index (χ4v) is 1.43. The first-order chi connectivity index (χ1) is 8.60. The van der Waals surface area contributed by atoms with Crippen LogP contribution in [-0.2, 0) is 0 Å². The van der Waals surface area contributed by atoms with Gasteiger partial charge in [0.1, 0.15) is 11.6 Å². The molecule has 0 amide bonds. The highest BCUT2D eigenvalue weighted by Gasteiger charge is 2.05. The van der Waals surface area contributed by atoms with Crippen LogP contribution in [0.3, 0.4) is 0 Å². The van der Waals surface area contributed by atoms with E-state index in [0.717, 1.165) is 5.56 Å². The second-order valence-corrected chi connectivity index (χ2v) is 3.86. The number of pyridine rings is 1. The summed E-state index contributed by atoms with van der Waals surface area (Å²) in [6.07, 6.45) is 1.61. The van der Waals surface area contributed by atoms with E-state index in [4.69, 9.17) is 11.0 Å². The molecule has 0 radical (unpaired) electrons. The van der Waals surface area contributed by atoms with E-state index in [9.17, 15) is 4.39 Å². The monoisotopic (exact) mass is 242 g/mol. The first kappa shape index (κ1) is 11.9. The summed E-state index contributed by atoms with van der Waals surface area (Å²) >= 11 is 0. The molecule has 5 heteroatoms. The van der Waals surface area contributed by atoms with Crippen molar-refractivity contribution in [1.82, 2.24) is 4.98 Å². The predicted molar refractivity (Wildman–Crippen MR) is 67.8 cm³/mol. The van der Waals surface area contributed by atoms with Gasteiger partial charge in [-0.2, -0.15) is 5.26 Å². The van der Waals surface area contributed by atoms with Crippen molar-refractivity contribution in [2.45, 2.75) is 6.92 Å². The van der Waals surface area contributed by atoms with Gasteiger partial charge in [0, 0.05) is 18.0 Å². The van der Waals surface area contributed by atoms with Crippen molar-refractivity contribution in [3.8, 4) is 6.07 Å². The van der Waals surface area contributed by atoms with E-state index in [1.165, 1.54) is 18.2 Å². The van der Waals surface area contributed by atoms with Gasteiger partial charge in [0.05, 0.1) is 17.3 Å². The molecule has 0 unspecified atom stereocenters. The second kappa shape index (κ2) is 4.72. The predicted octanol–water partition coefficient (Wildman–Crippen LogP) is 2.73. The van der Waals surface area contributed by atoms with Gasteiger partial charge in [-0.05, 0) is 30.7 Å². The van der Waals surface area contributed by atoms with Gasteiger partial charge in [-0.1, -0.05) is 0 Å². The number of nitriles is 1. The van der Waals surface area contributed by atoms with Crippen LogP contribution in [0.4, 0.5) is 21.6 Å². The highest BCUT2D eigenvalue weighted by atomic mass is 19.1. The molecule has 0 bridgehead atoms. The lowest BCUT2D eigenvalue weighted by Gasteiger charge is -2.08. The number of aromatic nitrogens is 1. The molecule has 0 saturated carbocycles. The Bertz CT molecular complexity index is 631. The minimum atomic E-state index is -0.505. The number of hydrogen-bond donors (Lipinski definition) is 2. The molecule has 90 valence electrons. The van der Waals surface area contributed by atoms with Crippen LogP contribution >= 0.6 is 0 Å². The van der Waals surface area contributed by atoms with Crippen molar-refractivity contribution < 1.29 is 4.39 Å². The van der Waals surface area contributed by atoms with E-state index >= 15 is 0 Å². The second-order valence-electron chi connectivity index (χ2n) is 3.86. The van der Waals surface area contributed by atoms with Gasteiger partial charge in [0.15, 0.2) is 0 Å². The van der Waals surface area contributed by atoms with Crippen molar-refractivity contribution in [2.75, 3.05) is 11.1 Å². The standard InChI is InChI=1S/C13H11FN4/c1-8-7-17-13(5-11(8)16)18-12-3-2-9(6-15)4-10(12)14/h2-5,7H,1H3,(H3,16,17,18). The molecule has 2 aromatic rings. The van der Waals surface area contributed by atoms with E-state index in [0.29, 0.717) is 11.5 Å². The quantitative estimate of drug-likeness (QED) is 0.849. The lowest BCUT2D eigenvalue weighted by atomic mass is 10.2. The molecular formula is C13H11FN4. The van der Waals surface area contributed by atoms with Crippen LogP contribution in [-0.4, -0.2) is 4.98 Å². The Morgan fingerprint density at radius 2 is 2.17 bits per heavy atom. The maximum Gasteiger partial charge on any atom is 0.147 e. The minimum Gasteiger partial charge on any atom is -0.398 e. The van der Waals surface area contributed by atoms with Crippen LogP contribution in [0.15, 0.2) is 30.5 Å². The number of nitrogens with one attached hydrogen (secondary N) is 1. The maximum absolute atomic E-state index is 13.6. The average molecular weight is 242 g/mol. The Labute approximate surface area is 104 Å². The zero-order valence-corrected chi connectivity index (χ0v) is 9.74. The van der Waals surface area contributed by atoms with Crippen LogP contribution < -0.4 is 11.1 Å². The van der Waals surface area contributed by atoms with E-state index in [2.05, 4.69) is 10.3 Å². The summed E-state index contributed by atoms with van der Waals surface area (Å²) in [7, 11) is 0. The number of anilines is 3. The fourth-order valence-electron chi connectivity index (χ4n) is 1.43. The summed E-state index contributed by atoms with van der Waals surface area (Å²) in [4.78, 5) is 4.10. The molecule has 0 fully saturated rings. The molecule has 0 saturated heterocycles. The van der Waals surface area contributed by atoms with E-state index in [1.54, 1.807) is 12.3 Å². The molecular weight excluding hydrogens is 231 g/mol. The Balaban J connectivity index is 2.29. The number of hydrogen-bond acceptors (Lipinski definition) is 4. The first-order valence-corrected chi connectivity index (χ1v) is 5.29. The molecule has 2 rings (SSSR count).